The second-order valence-electron chi connectivity index (χ2n) is 6.49. The molecular weight excluding hydrogens is 407 g/mol. The van der Waals surface area contributed by atoms with Crippen molar-refractivity contribution in [1.29, 1.82) is 0 Å². The van der Waals surface area contributed by atoms with Crippen LogP contribution in [-0.4, -0.2) is 48.9 Å². The Kier molecular flexibility index (Phi) is 7.26. The molecule has 31 heavy (non-hydrogen) atoms. The van der Waals surface area contributed by atoms with Crippen LogP contribution < -0.4 is 19.5 Å². The van der Waals surface area contributed by atoms with Crippen LogP contribution in [0.15, 0.2) is 47.0 Å². The first kappa shape index (κ1) is 21.9. The highest BCUT2D eigenvalue weighted by molar-refractivity contribution is 5.91. The van der Waals surface area contributed by atoms with Gasteiger partial charge < -0.3 is 29.0 Å². The first-order valence-corrected chi connectivity index (χ1v) is 9.43. The van der Waals surface area contributed by atoms with E-state index in [0.717, 1.165) is 0 Å². The molecule has 0 unspecified atom stereocenters. The molecule has 2 aromatic carbocycles. The van der Waals surface area contributed by atoms with Crippen LogP contribution in [0.3, 0.4) is 0 Å². The predicted octanol–water partition coefficient (Wildman–Crippen LogP) is 3.51. The Morgan fingerprint density at radius 2 is 1.97 bits per heavy atom. The lowest BCUT2D eigenvalue weighted by Gasteiger charge is -2.18. The number of hydrogen-bond acceptors (Lipinski definition) is 7. The third kappa shape index (κ3) is 5.84. The van der Waals surface area contributed by atoms with Crippen molar-refractivity contribution in [3.05, 3.63) is 60.0 Å². The van der Waals surface area contributed by atoms with Crippen LogP contribution in [0.1, 0.15) is 11.7 Å². The maximum Gasteiger partial charge on any atom is 0.321 e. The maximum absolute atomic E-state index is 13.6. The van der Waals surface area contributed by atoms with Gasteiger partial charge in [-0.05, 0) is 24.3 Å². The van der Waals surface area contributed by atoms with Gasteiger partial charge in [0.05, 0.1) is 19.9 Å². The highest BCUT2D eigenvalue weighted by atomic mass is 19.1. The van der Waals surface area contributed by atoms with Crippen LogP contribution in [0.4, 0.5) is 14.9 Å². The second-order valence-corrected chi connectivity index (χ2v) is 6.49. The van der Waals surface area contributed by atoms with Crippen LogP contribution in [0.5, 0.6) is 17.2 Å². The summed E-state index contributed by atoms with van der Waals surface area (Å²) in [6.45, 7) is 0.283. The zero-order valence-electron chi connectivity index (χ0n) is 17.4. The van der Waals surface area contributed by atoms with Gasteiger partial charge in [0, 0.05) is 26.1 Å². The molecule has 9 nitrogen and oxygen atoms in total. The Balaban J connectivity index is 1.51. The summed E-state index contributed by atoms with van der Waals surface area (Å²) in [4.78, 5) is 18.2. The van der Waals surface area contributed by atoms with Gasteiger partial charge in [0.15, 0.2) is 24.0 Å². The number of halogens is 1. The number of benzene rings is 2. The number of ether oxygens (including phenoxy) is 3. The smallest absolute Gasteiger partial charge is 0.321 e. The van der Waals surface area contributed by atoms with E-state index in [2.05, 4.69) is 15.5 Å². The average molecular weight is 430 g/mol. The van der Waals surface area contributed by atoms with Crippen molar-refractivity contribution in [2.45, 2.75) is 13.0 Å². The van der Waals surface area contributed by atoms with E-state index in [-0.39, 0.29) is 24.3 Å². The van der Waals surface area contributed by atoms with Gasteiger partial charge in [-0.25, -0.2) is 9.18 Å². The molecule has 3 aromatic rings. The monoisotopic (exact) mass is 430 g/mol. The summed E-state index contributed by atoms with van der Waals surface area (Å²) in [7, 11) is 4.70. The van der Waals surface area contributed by atoms with E-state index in [1.807, 2.05) is 0 Å². The second kappa shape index (κ2) is 10.3. The molecule has 1 aromatic heterocycles. The number of nitrogens with zero attached hydrogens (tertiary/aromatic N) is 3. The normalized spacial score (nSPS) is 10.5. The molecule has 0 spiro atoms. The highest BCUT2D eigenvalue weighted by Crippen LogP contribution is 2.29. The van der Waals surface area contributed by atoms with E-state index < -0.39 is 5.82 Å². The first-order chi connectivity index (χ1) is 15.0. The molecule has 0 saturated carbocycles. The molecule has 2 amide bonds. The molecular formula is C21H23FN4O5. The molecule has 0 radical (unpaired) electrons. The van der Waals surface area contributed by atoms with Crippen molar-refractivity contribution in [2.24, 2.45) is 0 Å². The lowest BCUT2D eigenvalue weighted by Crippen LogP contribution is -2.33. The predicted molar refractivity (Wildman–Crippen MR) is 110 cm³/mol. The minimum Gasteiger partial charge on any atom is -0.497 e. The summed E-state index contributed by atoms with van der Waals surface area (Å²) in [5, 5.41) is 6.64. The number of methoxy groups -OCH3 is 2. The topological polar surface area (TPSA) is 99.0 Å². The number of anilines is 1. The third-order valence-electron chi connectivity index (χ3n) is 4.36. The van der Waals surface area contributed by atoms with Gasteiger partial charge in [0.2, 0.25) is 0 Å². The number of para-hydroxylation sites is 1. The van der Waals surface area contributed by atoms with Crippen LogP contribution in [-0.2, 0) is 13.0 Å². The van der Waals surface area contributed by atoms with Gasteiger partial charge in [0.25, 0.3) is 5.89 Å². The molecule has 0 fully saturated rings. The number of carbonyl (C=O) groups excluding carboxylic acids is 1. The molecule has 0 bridgehead atoms. The summed E-state index contributed by atoms with van der Waals surface area (Å²) < 4.78 is 34.5. The number of carbonyl (C=O) groups is 1. The molecule has 0 aliphatic heterocycles. The molecule has 1 N–H and O–H groups in total. The first-order valence-electron chi connectivity index (χ1n) is 9.43. The summed E-state index contributed by atoms with van der Waals surface area (Å²) in [5.74, 6) is 1.36. The maximum atomic E-state index is 13.6. The number of amides is 2. The van der Waals surface area contributed by atoms with Crippen molar-refractivity contribution in [3.63, 3.8) is 0 Å². The fourth-order valence-corrected chi connectivity index (χ4v) is 2.64. The summed E-state index contributed by atoms with van der Waals surface area (Å²) in [6, 6.07) is 10.8. The van der Waals surface area contributed by atoms with Crippen molar-refractivity contribution in [3.8, 4) is 17.2 Å². The third-order valence-corrected chi connectivity index (χ3v) is 4.36. The highest BCUT2D eigenvalue weighted by Gasteiger charge is 2.15. The zero-order valence-corrected chi connectivity index (χ0v) is 17.4. The number of urea groups is 1. The zero-order chi connectivity index (χ0) is 22.2. The van der Waals surface area contributed by atoms with Gasteiger partial charge in [-0.2, -0.15) is 4.98 Å². The number of aromatic nitrogens is 2. The van der Waals surface area contributed by atoms with Crippen LogP contribution >= 0.6 is 0 Å². The van der Waals surface area contributed by atoms with E-state index in [9.17, 15) is 9.18 Å². The van der Waals surface area contributed by atoms with E-state index in [1.165, 1.54) is 24.1 Å². The lowest BCUT2D eigenvalue weighted by atomic mass is 10.2. The van der Waals surface area contributed by atoms with Crippen LogP contribution in [0.2, 0.25) is 0 Å². The average Bonchev–Trinajstić information content (AvgIpc) is 3.24. The molecule has 0 aliphatic rings. The van der Waals surface area contributed by atoms with Crippen LogP contribution in [0.25, 0.3) is 0 Å². The molecule has 0 atom stereocenters. The Morgan fingerprint density at radius 3 is 2.71 bits per heavy atom. The van der Waals surface area contributed by atoms with E-state index >= 15 is 0 Å². The van der Waals surface area contributed by atoms with Gasteiger partial charge >= 0.3 is 6.03 Å². The van der Waals surface area contributed by atoms with Crippen molar-refractivity contribution in [2.75, 3.05) is 33.1 Å². The van der Waals surface area contributed by atoms with Gasteiger partial charge in [-0.15, -0.1) is 0 Å². The quantitative estimate of drug-likeness (QED) is 0.555. The molecule has 0 aliphatic carbocycles. The molecule has 164 valence electrons. The van der Waals surface area contributed by atoms with Crippen molar-refractivity contribution in [1.82, 2.24) is 15.0 Å². The number of hydrogen-bond donors (Lipinski definition) is 1. The van der Waals surface area contributed by atoms with E-state index in [4.69, 9.17) is 18.7 Å². The summed E-state index contributed by atoms with van der Waals surface area (Å²) >= 11 is 0. The number of nitrogens with one attached hydrogen (secondary N) is 1. The minimum atomic E-state index is -0.470. The molecule has 0 saturated heterocycles. The lowest BCUT2D eigenvalue weighted by molar-refractivity contribution is 0.222. The summed E-state index contributed by atoms with van der Waals surface area (Å²) in [5.41, 5.74) is 0.492. The van der Waals surface area contributed by atoms with E-state index in [1.54, 1.807) is 44.5 Å². The number of likely N-dealkylation sites (N-methyl/N-ethyl adjacent to an activating group) is 1. The summed E-state index contributed by atoms with van der Waals surface area (Å²) in [6.07, 6.45) is 0.363. The Morgan fingerprint density at radius 1 is 1.16 bits per heavy atom. The Labute approximate surface area is 178 Å². The Hall–Kier alpha value is -3.82. The van der Waals surface area contributed by atoms with Crippen molar-refractivity contribution >= 4 is 11.7 Å². The number of rotatable bonds is 9. The van der Waals surface area contributed by atoms with Gasteiger partial charge in [-0.1, -0.05) is 17.3 Å². The van der Waals surface area contributed by atoms with E-state index in [0.29, 0.717) is 36.0 Å². The van der Waals surface area contributed by atoms with Gasteiger partial charge in [0.1, 0.15) is 11.5 Å². The fraction of sp³-hybridized carbons (Fsp3) is 0.286. The molecule has 3 rings (SSSR count). The van der Waals surface area contributed by atoms with Gasteiger partial charge in [-0.3, -0.25) is 0 Å². The van der Waals surface area contributed by atoms with Crippen molar-refractivity contribution < 1.29 is 27.9 Å². The Bertz CT molecular complexity index is 1030. The fourth-order valence-electron chi connectivity index (χ4n) is 2.64. The van der Waals surface area contributed by atoms with Crippen LogP contribution in [0, 0.1) is 5.82 Å². The SMILES string of the molecule is COc1ccc(OC)c(NC(=O)N(C)CCc2noc(COc3ccccc3F)n2)c1. The standard InChI is InChI=1S/C21H23FN4O5/c1-26(21(27)23-16-12-14(28-2)8-9-18(16)29-3)11-10-19-24-20(31-25-19)13-30-17-7-5-4-6-15(17)22/h4-9,12H,10-11,13H2,1-3H3,(H,23,27). The largest absolute Gasteiger partial charge is 0.497 e. The minimum absolute atomic E-state index is 0.0557. The molecule has 1 heterocycles. The molecule has 10 heteroatoms.